The largest absolute Gasteiger partial charge is 0.463 e. The minimum absolute atomic E-state index is 0.182. The van der Waals surface area contributed by atoms with Crippen LogP contribution in [0.25, 0.3) is 0 Å². The molecule has 0 aliphatic heterocycles. The maximum Gasteiger partial charge on any atom is 0.331 e. The lowest BCUT2D eigenvalue weighted by atomic mass is 10.0. The lowest BCUT2D eigenvalue weighted by molar-refractivity contribution is -0.137. The molecule has 1 rings (SSSR count). The number of ketones is 1. The fourth-order valence-electron chi connectivity index (χ4n) is 1.72. The van der Waals surface area contributed by atoms with Crippen molar-refractivity contribution in [3.63, 3.8) is 0 Å². The molecule has 1 aliphatic rings. The average Bonchev–Trinajstić information content (AvgIpc) is 2.48. The normalized spacial score (nSPS) is 17.3. The number of carbonyl (C=O) groups excluding carboxylic acids is 2. The molecular weight excluding hydrogens is 192 g/mol. The van der Waals surface area contributed by atoms with Gasteiger partial charge in [0.2, 0.25) is 0 Å². The summed E-state index contributed by atoms with van der Waals surface area (Å²) in [6.07, 6.45) is 2.77. The zero-order chi connectivity index (χ0) is 11.4. The number of hydrogen-bond acceptors (Lipinski definition) is 3. The molecule has 3 nitrogen and oxygen atoms in total. The van der Waals surface area contributed by atoms with Crippen LogP contribution in [0.1, 0.15) is 33.6 Å². The van der Waals surface area contributed by atoms with Crippen molar-refractivity contribution in [2.75, 3.05) is 6.61 Å². The summed E-state index contributed by atoms with van der Waals surface area (Å²) in [5.74, 6) is -0.156. The molecule has 0 aromatic carbocycles. The minimum Gasteiger partial charge on any atom is -0.463 e. The Bertz CT molecular complexity index is 348. The number of ether oxygens (including phenoxy) is 1. The van der Waals surface area contributed by atoms with Gasteiger partial charge >= 0.3 is 5.97 Å². The van der Waals surface area contributed by atoms with Crippen molar-refractivity contribution >= 4 is 11.8 Å². The van der Waals surface area contributed by atoms with Crippen molar-refractivity contribution in [1.29, 1.82) is 0 Å². The van der Waals surface area contributed by atoms with E-state index in [-0.39, 0.29) is 11.8 Å². The molecule has 0 spiro atoms. The first-order chi connectivity index (χ1) is 7.06. The lowest BCUT2D eigenvalue weighted by Crippen LogP contribution is -2.01. The molecule has 1 aliphatic carbocycles. The Kier molecular flexibility index (Phi) is 3.83. The van der Waals surface area contributed by atoms with Gasteiger partial charge in [-0.1, -0.05) is 0 Å². The zero-order valence-electron chi connectivity index (χ0n) is 9.42. The fourth-order valence-corrected chi connectivity index (χ4v) is 1.72. The first-order valence-electron chi connectivity index (χ1n) is 5.14. The summed E-state index contributed by atoms with van der Waals surface area (Å²) in [5.41, 5.74) is 2.62. The summed E-state index contributed by atoms with van der Waals surface area (Å²) >= 11 is 0. The number of rotatable bonds is 3. The fraction of sp³-hybridized carbons (Fsp3) is 0.500. The third-order valence-corrected chi connectivity index (χ3v) is 2.57. The second-order valence-corrected chi connectivity index (χ2v) is 3.61. The Morgan fingerprint density at radius 3 is 2.60 bits per heavy atom. The second kappa shape index (κ2) is 4.91. The molecular formula is C12H16O3. The molecule has 0 aromatic heterocycles. The van der Waals surface area contributed by atoms with Crippen molar-refractivity contribution in [3.05, 3.63) is 22.8 Å². The Morgan fingerprint density at radius 2 is 2.13 bits per heavy atom. The quantitative estimate of drug-likeness (QED) is 0.527. The standard InChI is InChI=1S/C12H16O3/c1-4-15-12(14)7-8(2)10-5-6-11(13)9(10)3/h7H,4-6H2,1-3H3/b8-7-. The monoisotopic (exact) mass is 208 g/mol. The number of allylic oxidation sites excluding steroid dienone is 3. The minimum atomic E-state index is -0.338. The Balaban J connectivity index is 2.81. The zero-order valence-corrected chi connectivity index (χ0v) is 9.42. The van der Waals surface area contributed by atoms with Gasteiger partial charge in [-0.15, -0.1) is 0 Å². The molecule has 82 valence electrons. The summed E-state index contributed by atoms with van der Waals surface area (Å²) < 4.78 is 4.81. The van der Waals surface area contributed by atoms with Crippen LogP contribution in [-0.2, 0) is 14.3 Å². The van der Waals surface area contributed by atoms with Gasteiger partial charge in [0, 0.05) is 12.5 Å². The van der Waals surface area contributed by atoms with Crippen LogP contribution in [0.2, 0.25) is 0 Å². The smallest absolute Gasteiger partial charge is 0.331 e. The highest BCUT2D eigenvalue weighted by molar-refractivity contribution is 5.99. The number of hydrogen-bond donors (Lipinski definition) is 0. The number of Topliss-reactive ketones (excluding diaryl/α,β-unsaturated/α-hetero) is 1. The van der Waals surface area contributed by atoms with Crippen LogP contribution in [0.3, 0.4) is 0 Å². The Labute approximate surface area is 89.8 Å². The molecule has 3 heteroatoms. The van der Waals surface area contributed by atoms with E-state index in [2.05, 4.69) is 0 Å². The van der Waals surface area contributed by atoms with Gasteiger partial charge in [0.05, 0.1) is 6.61 Å². The first kappa shape index (κ1) is 11.7. The van der Waals surface area contributed by atoms with E-state index in [1.165, 1.54) is 6.08 Å². The predicted octanol–water partition coefficient (Wildman–Crippen LogP) is 2.18. The molecule has 0 saturated heterocycles. The molecule has 0 aromatic rings. The van der Waals surface area contributed by atoms with E-state index in [0.717, 1.165) is 23.1 Å². The molecule has 0 bridgehead atoms. The molecule has 0 amide bonds. The Hall–Kier alpha value is -1.38. The van der Waals surface area contributed by atoms with E-state index < -0.39 is 0 Å². The van der Waals surface area contributed by atoms with Gasteiger partial charge in [-0.3, -0.25) is 4.79 Å². The summed E-state index contributed by atoms with van der Waals surface area (Å²) in [6.45, 7) is 5.80. The molecule has 0 fully saturated rings. The van der Waals surface area contributed by atoms with Crippen molar-refractivity contribution in [2.24, 2.45) is 0 Å². The Morgan fingerprint density at radius 1 is 1.47 bits per heavy atom. The van der Waals surface area contributed by atoms with Crippen molar-refractivity contribution in [1.82, 2.24) is 0 Å². The molecule has 0 unspecified atom stereocenters. The van der Waals surface area contributed by atoms with Crippen LogP contribution >= 0.6 is 0 Å². The summed E-state index contributed by atoms with van der Waals surface area (Å²) in [7, 11) is 0. The van der Waals surface area contributed by atoms with E-state index in [0.29, 0.717) is 13.0 Å². The van der Waals surface area contributed by atoms with E-state index in [9.17, 15) is 9.59 Å². The third kappa shape index (κ3) is 2.78. The highest BCUT2D eigenvalue weighted by Gasteiger charge is 2.20. The van der Waals surface area contributed by atoms with Gasteiger partial charge in [-0.05, 0) is 43.9 Å². The SMILES string of the molecule is CCOC(=O)/C=C(/C)C1=C(C)C(=O)CC1. The van der Waals surface area contributed by atoms with Gasteiger partial charge < -0.3 is 4.74 Å². The van der Waals surface area contributed by atoms with Gasteiger partial charge in [-0.25, -0.2) is 4.79 Å². The van der Waals surface area contributed by atoms with Gasteiger partial charge in [0.1, 0.15) is 0 Å². The van der Waals surface area contributed by atoms with Crippen molar-refractivity contribution in [3.8, 4) is 0 Å². The lowest BCUT2D eigenvalue weighted by Gasteiger charge is -2.03. The van der Waals surface area contributed by atoms with Crippen molar-refractivity contribution < 1.29 is 14.3 Å². The summed E-state index contributed by atoms with van der Waals surface area (Å²) in [4.78, 5) is 22.5. The number of esters is 1. The first-order valence-corrected chi connectivity index (χ1v) is 5.14. The van der Waals surface area contributed by atoms with Gasteiger partial charge in [-0.2, -0.15) is 0 Å². The van der Waals surface area contributed by atoms with Crippen LogP contribution in [0.4, 0.5) is 0 Å². The molecule has 0 atom stereocenters. The topological polar surface area (TPSA) is 43.4 Å². The highest BCUT2D eigenvalue weighted by atomic mass is 16.5. The summed E-state index contributed by atoms with van der Waals surface area (Å²) in [6, 6.07) is 0. The van der Waals surface area contributed by atoms with E-state index in [4.69, 9.17) is 4.74 Å². The van der Waals surface area contributed by atoms with Crippen molar-refractivity contribution in [2.45, 2.75) is 33.6 Å². The highest BCUT2D eigenvalue weighted by Crippen LogP contribution is 2.28. The van der Waals surface area contributed by atoms with Crippen LogP contribution in [0.15, 0.2) is 22.8 Å². The maximum absolute atomic E-state index is 11.3. The van der Waals surface area contributed by atoms with E-state index >= 15 is 0 Å². The van der Waals surface area contributed by atoms with E-state index in [1.54, 1.807) is 6.92 Å². The molecule has 0 radical (unpaired) electrons. The molecule has 0 heterocycles. The van der Waals surface area contributed by atoms with Gasteiger partial charge in [0.25, 0.3) is 0 Å². The van der Waals surface area contributed by atoms with Crippen LogP contribution < -0.4 is 0 Å². The summed E-state index contributed by atoms with van der Waals surface area (Å²) in [5, 5.41) is 0. The van der Waals surface area contributed by atoms with E-state index in [1.807, 2.05) is 13.8 Å². The molecule has 0 saturated carbocycles. The van der Waals surface area contributed by atoms with Crippen LogP contribution in [0, 0.1) is 0 Å². The second-order valence-electron chi connectivity index (χ2n) is 3.61. The maximum atomic E-state index is 11.3. The van der Waals surface area contributed by atoms with Crippen LogP contribution in [0.5, 0.6) is 0 Å². The molecule has 0 N–H and O–H groups in total. The number of carbonyl (C=O) groups is 2. The predicted molar refractivity (Wildman–Crippen MR) is 57.3 cm³/mol. The van der Waals surface area contributed by atoms with Crippen LogP contribution in [-0.4, -0.2) is 18.4 Å². The molecule has 15 heavy (non-hydrogen) atoms. The average molecular weight is 208 g/mol. The third-order valence-electron chi connectivity index (χ3n) is 2.57. The van der Waals surface area contributed by atoms with Gasteiger partial charge in [0.15, 0.2) is 5.78 Å².